The van der Waals surface area contributed by atoms with E-state index in [1.807, 2.05) is 6.92 Å². The number of rotatable bonds is 3. The Morgan fingerprint density at radius 2 is 2.22 bits per heavy atom. The molecule has 0 aliphatic carbocycles. The fourth-order valence-electron chi connectivity index (χ4n) is 2.16. The molecular formula is C12H15NO4S. The maximum Gasteiger partial charge on any atom is 0.307 e. The first-order valence-corrected chi connectivity index (χ1v) is 7.30. The zero-order valence-corrected chi connectivity index (χ0v) is 10.9. The second-order valence-corrected chi connectivity index (χ2v) is 6.59. The van der Waals surface area contributed by atoms with Crippen LogP contribution < -0.4 is 4.31 Å². The number of aliphatic carboxylic acids is 1. The Labute approximate surface area is 106 Å². The molecule has 1 atom stereocenters. The number of hydrogen-bond acceptors (Lipinski definition) is 3. The molecule has 5 nitrogen and oxygen atoms in total. The van der Waals surface area contributed by atoms with Gasteiger partial charge in [-0.3, -0.25) is 9.10 Å². The molecule has 18 heavy (non-hydrogen) atoms. The molecular weight excluding hydrogens is 254 g/mol. The molecule has 1 fully saturated rings. The lowest BCUT2D eigenvalue weighted by molar-refractivity contribution is -0.136. The number of sulfonamides is 1. The Hall–Kier alpha value is -1.56. The van der Waals surface area contributed by atoms with Gasteiger partial charge in [0.15, 0.2) is 0 Å². The van der Waals surface area contributed by atoms with Gasteiger partial charge in [0.2, 0.25) is 10.0 Å². The van der Waals surface area contributed by atoms with E-state index in [1.54, 1.807) is 24.3 Å². The minimum atomic E-state index is -3.25. The van der Waals surface area contributed by atoms with Crippen LogP contribution >= 0.6 is 0 Å². The number of hydrogen-bond donors (Lipinski definition) is 1. The number of carbonyl (C=O) groups is 1. The van der Waals surface area contributed by atoms with E-state index in [9.17, 15) is 13.2 Å². The van der Waals surface area contributed by atoms with Crippen LogP contribution in [-0.4, -0.2) is 31.8 Å². The predicted molar refractivity (Wildman–Crippen MR) is 68.1 cm³/mol. The van der Waals surface area contributed by atoms with Crippen molar-refractivity contribution >= 4 is 21.7 Å². The van der Waals surface area contributed by atoms with E-state index in [0.29, 0.717) is 17.8 Å². The summed E-state index contributed by atoms with van der Waals surface area (Å²) in [6, 6.07) is 6.69. The van der Waals surface area contributed by atoms with Gasteiger partial charge >= 0.3 is 5.97 Å². The van der Waals surface area contributed by atoms with Crippen molar-refractivity contribution in [1.29, 1.82) is 0 Å². The molecule has 0 spiro atoms. The molecule has 2 rings (SSSR count). The Balaban J connectivity index is 2.31. The summed E-state index contributed by atoms with van der Waals surface area (Å²) in [5, 5.41) is 8.74. The van der Waals surface area contributed by atoms with Gasteiger partial charge in [0, 0.05) is 6.54 Å². The van der Waals surface area contributed by atoms with Crippen molar-refractivity contribution in [2.45, 2.75) is 13.3 Å². The fraction of sp³-hybridized carbons (Fsp3) is 0.417. The second-order valence-electron chi connectivity index (χ2n) is 4.66. The minimum Gasteiger partial charge on any atom is -0.481 e. The third-order valence-corrected chi connectivity index (χ3v) is 4.88. The molecule has 1 N–H and O–H groups in total. The molecule has 0 amide bonds. The van der Waals surface area contributed by atoms with Gasteiger partial charge in [-0.25, -0.2) is 8.42 Å². The van der Waals surface area contributed by atoms with Crippen molar-refractivity contribution in [3.63, 3.8) is 0 Å². The Kier molecular flexibility index (Phi) is 3.30. The summed E-state index contributed by atoms with van der Waals surface area (Å²) >= 11 is 0. The smallest absolute Gasteiger partial charge is 0.307 e. The van der Waals surface area contributed by atoms with Crippen molar-refractivity contribution < 1.29 is 18.3 Å². The number of carboxylic acid groups (broad SMARTS) is 1. The molecule has 0 bridgehead atoms. The van der Waals surface area contributed by atoms with Crippen LogP contribution in [0.1, 0.15) is 12.5 Å². The summed E-state index contributed by atoms with van der Waals surface area (Å²) < 4.78 is 25.2. The SMILES string of the molecule is CC1CN(c2cccc(CC(=O)O)c2)S(=O)(=O)C1. The van der Waals surface area contributed by atoms with Crippen molar-refractivity contribution in [1.82, 2.24) is 0 Å². The summed E-state index contributed by atoms with van der Waals surface area (Å²) in [6.07, 6.45) is -0.0999. The van der Waals surface area contributed by atoms with Gasteiger partial charge in [0.1, 0.15) is 0 Å². The number of benzene rings is 1. The first-order valence-electron chi connectivity index (χ1n) is 5.69. The zero-order valence-electron chi connectivity index (χ0n) is 10.0. The lowest BCUT2D eigenvalue weighted by atomic mass is 10.1. The fourth-order valence-corrected chi connectivity index (χ4v) is 4.08. The highest BCUT2D eigenvalue weighted by molar-refractivity contribution is 7.93. The van der Waals surface area contributed by atoms with E-state index in [4.69, 9.17) is 5.11 Å². The highest BCUT2D eigenvalue weighted by Crippen LogP contribution is 2.27. The molecule has 1 aliphatic rings. The second kappa shape index (κ2) is 4.61. The van der Waals surface area contributed by atoms with E-state index in [1.165, 1.54) is 4.31 Å². The summed E-state index contributed by atoms with van der Waals surface area (Å²) in [5.41, 5.74) is 1.16. The van der Waals surface area contributed by atoms with Crippen LogP contribution in [0.4, 0.5) is 5.69 Å². The summed E-state index contributed by atoms with van der Waals surface area (Å²) in [6.45, 7) is 2.34. The summed E-state index contributed by atoms with van der Waals surface area (Å²) in [4.78, 5) is 10.6. The molecule has 0 aromatic heterocycles. The van der Waals surface area contributed by atoms with Gasteiger partial charge in [0.05, 0.1) is 17.9 Å². The summed E-state index contributed by atoms with van der Waals surface area (Å²) in [5.74, 6) is -0.682. The average Bonchev–Trinajstić information content (AvgIpc) is 2.51. The van der Waals surface area contributed by atoms with Crippen molar-refractivity contribution in [3.05, 3.63) is 29.8 Å². The van der Waals surface area contributed by atoms with Crippen LogP contribution in [0.25, 0.3) is 0 Å². The first-order chi connectivity index (χ1) is 8.38. The van der Waals surface area contributed by atoms with Crippen LogP contribution in [0, 0.1) is 5.92 Å². The van der Waals surface area contributed by atoms with Gasteiger partial charge in [-0.2, -0.15) is 0 Å². The zero-order chi connectivity index (χ0) is 13.3. The van der Waals surface area contributed by atoms with E-state index in [-0.39, 0.29) is 18.1 Å². The maximum absolute atomic E-state index is 11.9. The van der Waals surface area contributed by atoms with Crippen molar-refractivity contribution in [3.8, 4) is 0 Å². The van der Waals surface area contributed by atoms with Crippen molar-refractivity contribution in [2.24, 2.45) is 5.92 Å². The van der Waals surface area contributed by atoms with E-state index in [0.717, 1.165) is 0 Å². The molecule has 0 saturated carbocycles. The van der Waals surface area contributed by atoms with E-state index < -0.39 is 16.0 Å². The monoisotopic (exact) mass is 269 g/mol. The highest BCUT2D eigenvalue weighted by atomic mass is 32.2. The first kappa shape index (κ1) is 12.9. The molecule has 1 saturated heterocycles. The van der Waals surface area contributed by atoms with Crippen LogP contribution in [0.15, 0.2) is 24.3 Å². The van der Waals surface area contributed by atoms with Crippen LogP contribution in [-0.2, 0) is 21.2 Å². The standard InChI is InChI=1S/C12H15NO4S/c1-9-7-13(18(16,17)8-9)11-4-2-3-10(5-11)6-12(14)15/h2-5,9H,6-8H2,1H3,(H,14,15). The topological polar surface area (TPSA) is 74.7 Å². The molecule has 1 aliphatic heterocycles. The third-order valence-electron chi connectivity index (χ3n) is 2.86. The predicted octanol–water partition coefficient (Wildman–Crippen LogP) is 1.10. The largest absolute Gasteiger partial charge is 0.481 e. The Bertz CT molecular complexity index is 567. The van der Waals surface area contributed by atoms with Crippen LogP contribution in [0.3, 0.4) is 0 Å². The molecule has 0 radical (unpaired) electrons. The lowest BCUT2D eigenvalue weighted by Gasteiger charge is -2.17. The van der Waals surface area contributed by atoms with Crippen LogP contribution in [0.5, 0.6) is 0 Å². The highest BCUT2D eigenvalue weighted by Gasteiger charge is 2.33. The van der Waals surface area contributed by atoms with Crippen molar-refractivity contribution in [2.75, 3.05) is 16.6 Å². The third kappa shape index (κ3) is 2.64. The molecule has 6 heteroatoms. The van der Waals surface area contributed by atoms with Gasteiger partial charge < -0.3 is 5.11 Å². The molecule has 1 unspecified atom stereocenters. The van der Waals surface area contributed by atoms with Gasteiger partial charge in [0.25, 0.3) is 0 Å². The van der Waals surface area contributed by atoms with Gasteiger partial charge in [-0.15, -0.1) is 0 Å². The lowest BCUT2D eigenvalue weighted by Crippen LogP contribution is -2.25. The van der Waals surface area contributed by atoms with Gasteiger partial charge in [-0.1, -0.05) is 19.1 Å². The van der Waals surface area contributed by atoms with E-state index in [2.05, 4.69) is 0 Å². The Morgan fingerprint density at radius 3 is 2.78 bits per heavy atom. The average molecular weight is 269 g/mol. The quantitative estimate of drug-likeness (QED) is 0.891. The molecule has 1 aromatic carbocycles. The van der Waals surface area contributed by atoms with Gasteiger partial charge in [-0.05, 0) is 23.6 Å². The number of nitrogens with zero attached hydrogens (tertiary/aromatic N) is 1. The molecule has 98 valence electrons. The number of anilines is 1. The summed E-state index contributed by atoms with van der Waals surface area (Å²) in [7, 11) is -3.25. The molecule has 1 heterocycles. The normalized spacial score (nSPS) is 22.1. The molecule has 1 aromatic rings. The van der Waals surface area contributed by atoms with E-state index >= 15 is 0 Å². The minimum absolute atomic E-state index is 0.0955. The maximum atomic E-state index is 11.9. The Morgan fingerprint density at radius 1 is 1.50 bits per heavy atom. The number of carboxylic acids is 1. The van der Waals surface area contributed by atoms with Crippen LogP contribution in [0.2, 0.25) is 0 Å².